The van der Waals surface area contributed by atoms with Gasteiger partial charge in [-0.3, -0.25) is 4.79 Å². The van der Waals surface area contributed by atoms with E-state index in [9.17, 15) is 31.6 Å². The van der Waals surface area contributed by atoms with E-state index < -0.39 is 51.3 Å². The monoisotopic (exact) mass is 612 g/mol. The van der Waals surface area contributed by atoms with E-state index in [-0.39, 0.29) is 36.7 Å². The van der Waals surface area contributed by atoms with Gasteiger partial charge >= 0.3 is 0 Å². The number of hydrogen-bond donors (Lipinski definition) is 1. The highest BCUT2D eigenvalue weighted by Crippen LogP contribution is 2.47. The number of amides is 1. The molecule has 0 unspecified atom stereocenters. The zero-order chi connectivity index (χ0) is 30.4. The molecule has 2 aliphatic carbocycles. The molecule has 0 radical (unpaired) electrons. The van der Waals surface area contributed by atoms with Crippen LogP contribution in [0, 0.1) is 29.0 Å². The van der Waals surface area contributed by atoms with Crippen molar-refractivity contribution >= 4 is 21.4 Å². The Morgan fingerprint density at radius 3 is 2.30 bits per heavy atom. The van der Waals surface area contributed by atoms with Gasteiger partial charge in [0.05, 0.1) is 17.6 Å². The number of nitriles is 1. The molecule has 226 valence electrons. The van der Waals surface area contributed by atoms with E-state index in [4.69, 9.17) is 9.40 Å². The SMILES string of the molecule is N#CC1(NC(=O)[C@@H]2C[C@@H](C(F)F)CC[C@H]2c2oc(-c3ccc(F)cc3)nc2-c2ccc(N3CCS(=O)(=O)CC3)cc2)CC1. The Labute approximate surface area is 247 Å². The van der Waals surface area contributed by atoms with E-state index in [1.807, 2.05) is 29.2 Å². The molecule has 1 aromatic heterocycles. The lowest BCUT2D eigenvalue weighted by molar-refractivity contribution is -0.128. The third-order valence-corrected chi connectivity index (χ3v) is 10.5. The van der Waals surface area contributed by atoms with Crippen LogP contribution in [0.5, 0.6) is 0 Å². The number of anilines is 1. The van der Waals surface area contributed by atoms with E-state index >= 15 is 0 Å². The lowest BCUT2D eigenvalue weighted by atomic mass is 9.72. The van der Waals surface area contributed by atoms with Crippen molar-refractivity contribution in [3.05, 3.63) is 60.1 Å². The molecule has 3 atom stereocenters. The molecule has 0 bridgehead atoms. The van der Waals surface area contributed by atoms with E-state index in [1.165, 1.54) is 24.3 Å². The summed E-state index contributed by atoms with van der Waals surface area (Å²) in [5.74, 6) is -2.51. The third kappa shape index (κ3) is 6.13. The van der Waals surface area contributed by atoms with Crippen molar-refractivity contribution < 1.29 is 30.8 Å². The van der Waals surface area contributed by atoms with E-state index in [2.05, 4.69) is 11.4 Å². The lowest BCUT2D eigenvalue weighted by Crippen LogP contribution is -2.44. The average molecular weight is 613 g/mol. The smallest absolute Gasteiger partial charge is 0.241 e. The average Bonchev–Trinajstić information content (AvgIpc) is 3.64. The summed E-state index contributed by atoms with van der Waals surface area (Å²) in [5, 5.41) is 12.3. The highest BCUT2D eigenvalue weighted by molar-refractivity contribution is 7.91. The predicted molar refractivity (Wildman–Crippen MR) is 153 cm³/mol. The number of rotatable bonds is 7. The Balaban J connectivity index is 1.37. The summed E-state index contributed by atoms with van der Waals surface area (Å²) in [5.41, 5.74) is 1.54. The fourth-order valence-electron chi connectivity index (χ4n) is 6.06. The number of sulfone groups is 1. The second-order valence-corrected chi connectivity index (χ2v) is 14.0. The van der Waals surface area contributed by atoms with Crippen LogP contribution in [0.15, 0.2) is 52.9 Å². The molecule has 2 saturated carbocycles. The van der Waals surface area contributed by atoms with Crippen LogP contribution in [0.3, 0.4) is 0 Å². The number of nitrogens with one attached hydrogen (secondary N) is 1. The van der Waals surface area contributed by atoms with E-state index in [0.29, 0.717) is 48.5 Å². The minimum Gasteiger partial charge on any atom is -0.440 e. The topological polar surface area (TPSA) is 116 Å². The summed E-state index contributed by atoms with van der Waals surface area (Å²) in [7, 11) is -3.04. The van der Waals surface area contributed by atoms with Gasteiger partial charge in [0.15, 0.2) is 9.84 Å². The van der Waals surface area contributed by atoms with Crippen LogP contribution in [-0.2, 0) is 14.6 Å². The second-order valence-electron chi connectivity index (χ2n) is 11.7. The summed E-state index contributed by atoms with van der Waals surface area (Å²) in [4.78, 5) is 20.3. The maximum Gasteiger partial charge on any atom is 0.241 e. The van der Waals surface area contributed by atoms with Gasteiger partial charge in [0, 0.05) is 47.7 Å². The second kappa shape index (κ2) is 11.3. The Kier molecular flexibility index (Phi) is 7.71. The van der Waals surface area contributed by atoms with Crippen molar-refractivity contribution in [2.45, 2.75) is 50.0 Å². The van der Waals surface area contributed by atoms with Crippen LogP contribution in [-0.4, -0.2) is 55.9 Å². The number of halogens is 3. The number of hydrogen-bond acceptors (Lipinski definition) is 7. The van der Waals surface area contributed by atoms with Crippen LogP contribution < -0.4 is 10.2 Å². The standard InChI is InChI=1S/C31H31F3N4O4S/c32-22-6-1-20(2-7-22)30-36-26(19-3-8-23(9-4-19)38-13-15-43(40,41)16-14-38)27(42-30)24-10-5-21(28(33)34)17-25(24)29(39)37-31(18-35)11-12-31/h1-4,6-9,21,24-25,28H,5,10-17H2,(H,37,39)/t21-,24+,25+/m0/s1. The molecule has 1 aliphatic heterocycles. The minimum absolute atomic E-state index is 0.0570. The van der Waals surface area contributed by atoms with Crippen molar-refractivity contribution in [3.8, 4) is 28.8 Å². The summed E-state index contributed by atoms with van der Waals surface area (Å²) in [6.07, 6.45) is -1.15. The van der Waals surface area contributed by atoms with Gasteiger partial charge < -0.3 is 14.6 Å². The molecule has 12 heteroatoms. The summed E-state index contributed by atoms with van der Waals surface area (Å²) >= 11 is 0. The van der Waals surface area contributed by atoms with Gasteiger partial charge in [-0.25, -0.2) is 26.6 Å². The van der Waals surface area contributed by atoms with E-state index in [0.717, 1.165) is 5.69 Å². The number of aromatic nitrogens is 1. The Bertz CT molecular complexity index is 1630. The predicted octanol–water partition coefficient (Wildman–Crippen LogP) is 5.32. The van der Waals surface area contributed by atoms with Crippen LogP contribution in [0.2, 0.25) is 0 Å². The van der Waals surface area contributed by atoms with Crippen molar-refractivity contribution in [3.63, 3.8) is 0 Å². The maximum atomic E-state index is 13.9. The third-order valence-electron chi connectivity index (χ3n) is 8.84. The summed E-state index contributed by atoms with van der Waals surface area (Å²) < 4.78 is 71.4. The Hall–Kier alpha value is -3.85. The zero-order valence-electron chi connectivity index (χ0n) is 23.3. The lowest BCUT2D eigenvalue weighted by Gasteiger charge is -2.34. The highest BCUT2D eigenvalue weighted by Gasteiger charge is 2.49. The molecule has 0 spiro atoms. The molecule has 2 heterocycles. The fraction of sp³-hybridized carbons (Fsp3) is 0.452. The number of oxazole rings is 1. The molecular weight excluding hydrogens is 581 g/mol. The number of carbonyl (C=O) groups is 1. The van der Waals surface area contributed by atoms with E-state index in [1.54, 1.807) is 0 Å². The fourth-order valence-corrected chi connectivity index (χ4v) is 7.26. The Morgan fingerprint density at radius 2 is 1.70 bits per heavy atom. The molecule has 3 fully saturated rings. The maximum absolute atomic E-state index is 13.9. The first-order chi connectivity index (χ1) is 20.6. The van der Waals surface area contributed by atoms with Crippen molar-refractivity contribution in [2.24, 2.45) is 11.8 Å². The first-order valence-electron chi connectivity index (χ1n) is 14.4. The van der Waals surface area contributed by atoms with Gasteiger partial charge in [0.1, 0.15) is 22.8 Å². The van der Waals surface area contributed by atoms with Gasteiger partial charge in [0.2, 0.25) is 18.2 Å². The number of carbonyl (C=O) groups excluding carboxylic acids is 1. The molecule has 1 saturated heterocycles. The first-order valence-corrected chi connectivity index (χ1v) is 16.2. The number of alkyl halides is 2. The van der Waals surface area contributed by atoms with Crippen molar-refractivity contribution in [2.75, 3.05) is 29.5 Å². The molecule has 3 aromatic rings. The summed E-state index contributed by atoms with van der Waals surface area (Å²) in [6.45, 7) is 0.778. The van der Waals surface area contributed by atoms with Crippen LogP contribution >= 0.6 is 0 Å². The molecule has 6 rings (SSSR count). The molecule has 3 aliphatic rings. The van der Waals surface area contributed by atoms with Gasteiger partial charge in [-0.1, -0.05) is 12.1 Å². The summed E-state index contributed by atoms with van der Waals surface area (Å²) in [6, 6.07) is 15.2. The molecule has 2 aromatic carbocycles. The van der Waals surface area contributed by atoms with Gasteiger partial charge in [0.25, 0.3) is 0 Å². The number of nitrogens with zero attached hydrogens (tertiary/aromatic N) is 3. The highest BCUT2D eigenvalue weighted by atomic mass is 32.2. The van der Waals surface area contributed by atoms with Crippen LogP contribution in [0.25, 0.3) is 22.7 Å². The molecule has 43 heavy (non-hydrogen) atoms. The minimum atomic E-state index is -3.04. The van der Waals surface area contributed by atoms with Gasteiger partial charge in [-0.2, -0.15) is 5.26 Å². The zero-order valence-corrected chi connectivity index (χ0v) is 24.1. The molecule has 8 nitrogen and oxygen atoms in total. The molecule has 1 N–H and O–H groups in total. The molecular formula is C31H31F3N4O4S. The number of benzene rings is 2. The van der Waals surface area contributed by atoms with Crippen LogP contribution in [0.4, 0.5) is 18.9 Å². The quantitative estimate of drug-likeness (QED) is 0.384. The Morgan fingerprint density at radius 1 is 1.05 bits per heavy atom. The van der Waals surface area contributed by atoms with Gasteiger partial charge in [-0.15, -0.1) is 0 Å². The first kappa shape index (κ1) is 29.2. The normalized spacial score (nSPS) is 24.3. The van der Waals surface area contributed by atoms with Crippen LogP contribution in [0.1, 0.15) is 43.8 Å². The van der Waals surface area contributed by atoms with Crippen molar-refractivity contribution in [1.29, 1.82) is 5.26 Å². The van der Waals surface area contributed by atoms with Gasteiger partial charge in [-0.05, 0) is 68.5 Å². The van der Waals surface area contributed by atoms with Crippen molar-refractivity contribution in [1.82, 2.24) is 10.3 Å². The molecule has 1 amide bonds. The largest absolute Gasteiger partial charge is 0.440 e.